The number of nitrogens with zero attached hydrogens (tertiary/aromatic N) is 2. The van der Waals surface area contributed by atoms with E-state index in [4.69, 9.17) is 16.0 Å². The highest BCUT2D eigenvalue weighted by Gasteiger charge is 2.12. The minimum Gasteiger partial charge on any atom is -0.453 e. The van der Waals surface area contributed by atoms with Crippen LogP contribution in [0.25, 0.3) is 17.0 Å². The molecule has 0 saturated carbocycles. The molecule has 0 N–H and O–H groups in total. The Labute approximate surface area is 147 Å². The van der Waals surface area contributed by atoms with Gasteiger partial charge in [-0.25, -0.2) is 4.98 Å². The van der Waals surface area contributed by atoms with Crippen molar-refractivity contribution in [3.8, 4) is 0 Å². The van der Waals surface area contributed by atoms with Crippen LogP contribution in [0.5, 0.6) is 0 Å². The number of amides is 1. The lowest BCUT2D eigenvalue weighted by molar-refractivity contribution is -0.116. The number of aromatic nitrogens is 1. The number of carbonyl (C=O) groups is 2. The Bertz CT molecular complexity index is 958. The van der Waals surface area contributed by atoms with Crippen LogP contribution in [0.15, 0.2) is 40.1 Å². The van der Waals surface area contributed by atoms with Gasteiger partial charge in [-0.05, 0) is 36.4 Å². The molecule has 3 aromatic rings. The number of fused-ring (bicyclic) bond motifs is 1. The van der Waals surface area contributed by atoms with Crippen LogP contribution >= 0.6 is 22.9 Å². The molecule has 24 heavy (non-hydrogen) atoms. The van der Waals surface area contributed by atoms with E-state index in [1.807, 2.05) is 0 Å². The smallest absolute Gasteiger partial charge is 0.225 e. The molecule has 0 unspecified atom stereocenters. The Kier molecular flexibility index (Phi) is 4.51. The molecule has 0 aliphatic heterocycles. The summed E-state index contributed by atoms with van der Waals surface area (Å²) in [5.41, 5.74) is 1.21. The summed E-state index contributed by atoms with van der Waals surface area (Å²) in [6, 6.07) is 6.83. The summed E-state index contributed by atoms with van der Waals surface area (Å²) in [5, 5.41) is 3.71. The lowest BCUT2D eigenvalue weighted by Gasteiger charge is -2.09. The fourth-order valence-corrected chi connectivity index (χ4v) is 3.00. The van der Waals surface area contributed by atoms with Crippen LogP contribution in [0, 0.1) is 0 Å². The van der Waals surface area contributed by atoms with Crippen molar-refractivity contribution in [2.24, 2.45) is 0 Å². The maximum absolute atomic E-state index is 12.2. The molecule has 3 rings (SSSR count). The number of hydrogen-bond donors (Lipinski definition) is 0. The fraction of sp³-hybridized carbons (Fsp3) is 0.118. The van der Waals surface area contributed by atoms with Crippen LogP contribution in [0.4, 0.5) is 5.13 Å². The molecule has 122 valence electrons. The Morgan fingerprint density at radius 1 is 1.33 bits per heavy atom. The molecule has 0 atom stereocenters. The summed E-state index contributed by atoms with van der Waals surface area (Å²) in [5.74, 6) is -0.131. The van der Waals surface area contributed by atoms with E-state index < -0.39 is 0 Å². The number of hydrogen-bond acceptors (Lipinski definition) is 5. The summed E-state index contributed by atoms with van der Waals surface area (Å²) in [6.07, 6.45) is 2.99. The number of rotatable bonds is 4. The molecular formula is C17H13ClN2O3S. The van der Waals surface area contributed by atoms with Crippen molar-refractivity contribution in [3.63, 3.8) is 0 Å². The Morgan fingerprint density at radius 2 is 2.12 bits per heavy atom. The van der Waals surface area contributed by atoms with Gasteiger partial charge in [0, 0.05) is 29.8 Å². The summed E-state index contributed by atoms with van der Waals surface area (Å²) in [4.78, 5) is 29.3. The molecular weight excluding hydrogens is 348 g/mol. The lowest BCUT2D eigenvalue weighted by Crippen LogP contribution is -2.22. The van der Waals surface area contributed by atoms with Gasteiger partial charge in [-0.2, -0.15) is 0 Å². The quantitative estimate of drug-likeness (QED) is 0.510. The molecule has 0 saturated heterocycles. The predicted molar refractivity (Wildman–Crippen MR) is 95.8 cm³/mol. The molecule has 0 fully saturated rings. The van der Waals surface area contributed by atoms with Crippen molar-refractivity contribution >= 4 is 56.8 Å². The Balaban J connectivity index is 1.78. The molecule has 7 heteroatoms. The molecule has 0 aliphatic carbocycles. The SMILES string of the molecule is CC(=O)N(C)c1nc(C=CC(=O)c2cc3cc(Cl)ccc3o2)cs1. The number of halogens is 1. The summed E-state index contributed by atoms with van der Waals surface area (Å²) in [6.45, 7) is 1.47. The van der Waals surface area contributed by atoms with Gasteiger partial charge in [0.05, 0.1) is 5.69 Å². The van der Waals surface area contributed by atoms with E-state index in [-0.39, 0.29) is 17.5 Å². The highest BCUT2D eigenvalue weighted by Crippen LogP contribution is 2.24. The van der Waals surface area contributed by atoms with Crippen molar-refractivity contribution in [3.05, 3.63) is 52.2 Å². The third-order valence-electron chi connectivity index (χ3n) is 3.40. The zero-order chi connectivity index (χ0) is 17.3. The van der Waals surface area contributed by atoms with Crippen molar-refractivity contribution in [2.75, 3.05) is 11.9 Å². The first-order chi connectivity index (χ1) is 11.4. The maximum Gasteiger partial charge on any atom is 0.225 e. The van der Waals surface area contributed by atoms with Crippen LogP contribution in [0.2, 0.25) is 5.02 Å². The van der Waals surface area contributed by atoms with Crippen molar-refractivity contribution in [2.45, 2.75) is 6.92 Å². The van der Waals surface area contributed by atoms with E-state index in [9.17, 15) is 9.59 Å². The van der Waals surface area contributed by atoms with Crippen LogP contribution in [-0.4, -0.2) is 23.7 Å². The minimum atomic E-state index is -0.267. The van der Waals surface area contributed by atoms with Crippen LogP contribution < -0.4 is 4.90 Å². The van der Waals surface area contributed by atoms with Gasteiger partial charge in [0.15, 0.2) is 10.9 Å². The van der Waals surface area contributed by atoms with Gasteiger partial charge in [0.1, 0.15) is 5.58 Å². The van der Waals surface area contributed by atoms with E-state index >= 15 is 0 Å². The molecule has 0 bridgehead atoms. The second kappa shape index (κ2) is 6.59. The van der Waals surface area contributed by atoms with Gasteiger partial charge >= 0.3 is 0 Å². The molecule has 0 aliphatic rings. The van der Waals surface area contributed by atoms with Gasteiger partial charge < -0.3 is 4.42 Å². The second-order valence-corrected chi connectivity index (χ2v) is 6.40. The largest absolute Gasteiger partial charge is 0.453 e. The molecule has 1 aromatic carbocycles. The normalized spacial score (nSPS) is 11.3. The highest BCUT2D eigenvalue weighted by molar-refractivity contribution is 7.14. The summed E-state index contributed by atoms with van der Waals surface area (Å²) >= 11 is 7.26. The first-order valence-corrected chi connectivity index (χ1v) is 8.31. The third kappa shape index (κ3) is 3.39. The number of ketones is 1. The van der Waals surface area contributed by atoms with Crippen LogP contribution in [0.1, 0.15) is 23.2 Å². The monoisotopic (exact) mass is 360 g/mol. The van der Waals surface area contributed by atoms with Crippen LogP contribution in [-0.2, 0) is 4.79 Å². The third-order valence-corrected chi connectivity index (χ3v) is 4.57. The number of carbonyl (C=O) groups excluding carboxylic acids is 2. The van der Waals surface area contributed by atoms with Gasteiger partial charge in [-0.1, -0.05) is 11.6 Å². The number of anilines is 1. The molecule has 2 heterocycles. The molecule has 2 aromatic heterocycles. The van der Waals surface area contributed by atoms with Gasteiger partial charge in [0.2, 0.25) is 11.7 Å². The number of thiazole rings is 1. The van der Waals surface area contributed by atoms with E-state index in [0.29, 0.717) is 21.4 Å². The van der Waals surface area contributed by atoms with Crippen molar-refractivity contribution < 1.29 is 14.0 Å². The molecule has 5 nitrogen and oxygen atoms in total. The maximum atomic E-state index is 12.2. The molecule has 0 spiro atoms. The average Bonchev–Trinajstić information content (AvgIpc) is 3.18. The van der Waals surface area contributed by atoms with E-state index in [1.165, 1.54) is 29.2 Å². The highest BCUT2D eigenvalue weighted by atomic mass is 35.5. The van der Waals surface area contributed by atoms with Gasteiger partial charge in [-0.15, -0.1) is 11.3 Å². The molecule has 1 amide bonds. The van der Waals surface area contributed by atoms with E-state index in [2.05, 4.69) is 4.98 Å². The lowest BCUT2D eigenvalue weighted by atomic mass is 10.2. The Hall–Kier alpha value is -2.44. The predicted octanol–water partition coefficient (Wildman–Crippen LogP) is 4.42. The topological polar surface area (TPSA) is 63.4 Å². The van der Waals surface area contributed by atoms with Crippen molar-refractivity contribution in [1.82, 2.24) is 4.98 Å². The van der Waals surface area contributed by atoms with E-state index in [1.54, 1.807) is 42.8 Å². The summed E-state index contributed by atoms with van der Waals surface area (Å²) in [7, 11) is 1.65. The standard InChI is InChI=1S/C17H13ClN2O3S/c1-10(21)20(2)17-19-13(9-24-17)4-5-14(22)16-8-11-7-12(18)3-6-15(11)23-16/h3-9H,1-2H3. The Morgan fingerprint density at radius 3 is 2.88 bits per heavy atom. The number of benzene rings is 1. The first kappa shape index (κ1) is 16.4. The number of furan rings is 1. The van der Waals surface area contributed by atoms with Gasteiger partial charge in [0.25, 0.3) is 0 Å². The minimum absolute atomic E-state index is 0.100. The van der Waals surface area contributed by atoms with Crippen LogP contribution in [0.3, 0.4) is 0 Å². The average molecular weight is 361 g/mol. The van der Waals surface area contributed by atoms with Gasteiger partial charge in [-0.3, -0.25) is 14.5 Å². The van der Waals surface area contributed by atoms with Crippen molar-refractivity contribution in [1.29, 1.82) is 0 Å². The fourth-order valence-electron chi connectivity index (χ4n) is 2.02. The zero-order valence-corrected chi connectivity index (χ0v) is 14.5. The first-order valence-electron chi connectivity index (χ1n) is 7.05. The summed E-state index contributed by atoms with van der Waals surface area (Å²) < 4.78 is 5.52. The number of allylic oxidation sites excluding steroid dienone is 1. The molecule has 0 radical (unpaired) electrons. The second-order valence-electron chi connectivity index (χ2n) is 5.12. The van der Waals surface area contributed by atoms with E-state index in [0.717, 1.165) is 5.39 Å². The zero-order valence-electron chi connectivity index (χ0n) is 12.9.